The highest BCUT2D eigenvalue weighted by atomic mass is 32.3. The van der Waals surface area contributed by atoms with E-state index in [4.69, 9.17) is 9.66 Å². The second-order valence-corrected chi connectivity index (χ2v) is 4.91. The minimum atomic E-state index is -4.40. The van der Waals surface area contributed by atoms with Gasteiger partial charge in [-0.3, -0.25) is 4.55 Å². The summed E-state index contributed by atoms with van der Waals surface area (Å²) < 4.78 is 34.0. The highest BCUT2D eigenvalue weighted by molar-refractivity contribution is 7.80. The van der Waals surface area contributed by atoms with Crippen molar-refractivity contribution in [3.8, 4) is 0 Å². The minimum absolute atomic E-state index is 0.144. The molecule has 0 aromatic rings. The molecule has 0 aliphatic carbocycles. The molecule has 0 spiro atoms. The summed E-state index contributed by atoms with van der Waals surface area (Å²) in [5.41, 5.74) is 0. The van der Waals surface area contributed by atoms with Crippen LogP contribution in [0.4, 0.5) is 0 Å². The van der Waals surface area contributed by atoms with Gasteiger partial charge < -0.3 is 5.11 Å². The van der Waals surface area contributed by atoms with E-state index in [-0.39, 0.29) is 13.0 Å². The van der Waals surface area contributed by atoms with Gasteiger partial charge in [-0.05, 0) is 12.8 Å². The Morgan fingerprint density at radius 2 is 1.75 bits per heavy atom. The monoisotopic (exact) mass is 254 g/mol. The van der Waals surface area contributed by atoms with Crippen molar-refractivity contribution in [1.29, 1.82) is 0 Å². The maximum Gasteiger partial charge on any atom is 0.397 e. The van der Waals surface area contributed by atoms with Crippen molar-refractivity contribution in [2.75, 3.05) is 6.61 Å². The molecule has 5 nitrogen and oxygen atoms in total. The Kier molecular flexibility index (Phi) is 8.83. The molecule has 0 bridgehead atoms. The Morgan fingerprint density at radius 1 is 1.12 bits per heavy atom. The zero-order valence-electron chi connectivity index (χ0n) is 9.76. The lowest BCUT2D eigenvalue weighted by molar-refractivity contribution is 0.133. The molecular weight excluding hydrogens is 232 g/mol. The zero-order valence-corrected chi connectivity index (χ0v) is 10.6. The predicted molar refractivity (Wildman–Crippen MR) is 61.5 cm³/mol. The van der Waals surface area contributed by atoms with Gasteiger partial charge in [-0.2, -0.15) is 8.42 Å². The maximum absolute atomic E-state index is 10.5. The van der Waals surface area contributed by atoms with E-state index in [1.807, 2.05) is 0 Å². The van der Waals surface area contributed by atoms with Crippen molar-refractivity contribution in [2.45, 2.75) is 58.0 Å². The van der Waals surface area contributed by atoms with Gasteiger partial charge in [0, 0.05) is 6.61 Å². The Morgan fingerprint density at radius 3 is 2.25 bits per heavy atom. The Balaban J connectivity index is 3.77. The van der Waals surface area contributed by atoms with Crippen LogP contribution in [0.1, 0.15) is 51.9 Å². The Bertz CT molecular complexity index is 250. The van der Waals surface area contributed by atoms with Crippen LogP contribution in [-0.2, 0) is 14.6 Å². The third-order valence-corrected chi connectivity index (χ3v) is 2.85. The fourth-order valence-electron chi connectivity index (χ4n) is 1.53. The summed E-state index contributed by atoms with van der Waals surface area (Å²) in [6.45, 7) is 1.98. The molecule has 16 heavy (non-hydrogen) atoms. The van der Waals surface area contributed by atoms with Gasteiger partial charge in [-0.25, -0.2) is 4.18 Å². The summed E-state index contributed by atoms with van der Waals surface area (Å²) >= 11 is 0. The largest absolute Gasteiger partial charge is 0.397 e. The van der Waals surface area contributed by atoms with E-state index in [0.29, 0.717) is 6.42 Å². The molecule has 0 aliphatic heterocycles. The second-order valence-electron chi connectivity index (χ2n) is 3.86. The van der Waals surface area contributed by atoms with Crippen LogP contribution in [0.25, 0.3) is 0 Å². The van der Waals surface area contributed by atoms with Crippen molar-refractivity contribution in [3.63, 3.8) is 0 Å². The molecular formula is C10H22O5S. The smallest absolute Gasteiger partial charge is 0.396 e. The van der Waals surface area contributed by atoms with Crippen LogP contribution in [-0.4, -0.2) is 30.8 Å². The first-order valence-electron chi connectivity index (χ1n) is 5.76. The lowest BCUT2D eigenvalue weighted by Crippen LogP contribution is -2.19. The van der Waals surface area contributed by atoms with Crippen molar-refractivity contribution in [3.05, 3.63) is 0 Å². The first-order chi connectivity index (χ1) is 7.49. The van der Waals surface area contributed by atoms with Crippen molar-refractivity contribution in [2.24, 2.45) is 0 Å². The first-order valence-corrected chi connectivity index (χ1v) is 7.12. The van der Waals surface area contributed by atoms with Gasteiger partial charge in [0.15, 0.2) is 0 Å². The molecule has 1 unspecified atom stereocenters. The van der Waals surface area contributed by atoms with E-state index in [9.17, 15) is 8.42 Å². The lowest BCUT2D eigenvalue weighted by atomic mass is 10.1. The van der Waals surface area contributed by atoms with Crippen molar-refractivity contribution >= 4 is 10.4 Å². The average Bonchev–Trinajstić information content (AvgIpc) is 2.15. The summed E-state index contributed by atoms with van der Waals surface area (Å²) in [4.78, 5) is 0. The molecule has 0 saturated carbocycles. The van der Waals surface area contributed by atoms with E-state index in [0.717, 1.165) is 25.7 Å². The SMILES string of the molecule is CCCCCCCC(CCO)OS(=O)(=O)O. The van der Waals surface area contributed by atoms with Gasteiger partial charge in [0.25, 0.3) is 0 Å². The van der Waals surface area contributed by atoms with E-state index in [2.05, 4.69) is 11.1 Å². The number of aliphatic hydroxyl groups excluding tert-OH is 1. The molecule has 0 rings (SSSR count). The number of aliphatic hydroxyl groups is 1. The van der Waals surface area contributed by atoms with Gasteiger partial charge in [0.2, 0.25) is 0 Å². The quantitative estimate of drug-likeness (QED) is 0.459. The predicted octanol–water partition coefficient (Wildman–Crippen LogP) is 1.92. The Hall–Kier alpha value is -0.170. The molecule has 0 aromatic carbocycles. The van der Waals surface area contributed by atoms with Crippen LogP contribution in [0, 0.1) is 0 Å². The molecule has 0 aliphatic rings. The molecule has 6 heteroatoms. The van der Waals surface area contributed by atoms with E-state index >= 15 is 0 Å². The minimum Gasteiger partial charge on any atom is -0.396 e. The van der Waals surface area contributed by atoms with Crippen LogP contribution in [0.5, 0.6) is 0 Å². The first kappa shape index (κ1) is 15.8. The van der Waals surface area contributed by atoms with Gasteiger partial charge in [0.05, 0.1) is 6.10 Å². The van der Waals surface area contributed by atoms with Gasteiger partial charge >= 0.3 is 10.4 Å². The average molecular weight is 254 g/mol. The van der Waals surface area contributed by atoms with E-state index in [1.165, 1.54) is 6.42 Å². The summed E-state index contributed by atoms with van der Waals surface area (Å²) in [5, 5.41) is 8.72. The molecule has 0 amide bonds. The van der Waals surface area contributed by atoms with Gasteiger partial charge in [-0.1, -0.05) is 39.0 Å². The molecule has 98 valence electrons. The topological polar surface area (TPSA) is 83.8 Å². The standard InChI is InChI=1S/C10H22O5S/c1-2-3-4-5-6-7-10(8-9-11)15-16(12,13)14/h10-11H,2-9H2,1H3,(H,12,13,14). The molecule has 0 fully saturated rings. The van der Waals surface area contributed by atoms with E-state index in [1.54, 1.807) is 0 Å². The summed E-state index contributed by atoms with van der Waals surface area (Å²) in [6.07, 6.45) is 5.48. The van der Waals surface area contributed by atoms with E-state index < -0.39 is 16.5 Å². The van der Waals surface area contributed by atoms with Crippen LogP contribution >= 0.6 is 0 Å². The van der Waals surface area contributed by atoms with Crippen LogP contribution < -0.4 is 0 Å². The van der Waals surface area contributed by atoms with Gasteiger partial charge in [-0.15, -0.1) is 0 Å². The normalized spacial score (nSPS) is 13.9. The number of unbranched alkanes of at least 4 members (excludes halogenated alkanes) is 4. The highest BCUT2D eigenvalue weighted by Gasteiger charge is 2.16. The highest BCUT2D eigenvalue weighted by Crippen LogP contribution is 2.13. The third-order valence-electron chi connectivity index (χ3n) is 2.34. The summed E-state index contributed by atoms with van der Waals surface area (Å²) in [5.74, 6) is 0. The fourth-order valence-corrected chi connectivity index (χ4v) is 2.07. The zero-order chi connectivity index (χ0) is 12.4. The van der Waals surface area contributed by atoms with Crippen LogP contribution in [0.2, 0.25) is 0 Å². The van der Waals surface area contributed by atoms with Crippen LogP contribution in [0.15, 0.2) is 0 Å². The number of hydrogen-bond acceptors (Lipinski definition) is 4. The second kappa shape index (κ2) is 8.92. The van der Waals surface area contributed by atoms with Crippen molar-refractivity contribution in [1.82, 2.24) is 0 Å². The Labute approximate surface area is 97.8 Å². The maximum atomic E-state index is 10.5. The lowest BCUT2D eigenvalue weighted by Gasteiger charge is -2.13. The van der Waals surface area contributed by atoms with Crippen LogP contribution in [0.3, 0.4) is 0 Å². The molecule has 0 heterocycles. The fraction of sp³-hybridized carbons (Fsp3) is 1.00. The molecule has 0 radical (unpaired) electrons. The summed E-state index contributed by atoms with van der Waals surface area (Å²) in [7, 11) is -4.40. The van der Waals surface area contributed by atoms with Crippen molar-refractivity contribution < 1.29 is 22.3 Å². The summed E-state index contributed by atoms with van der Waals surface area (Å²) in [6, 6.07) is 0. The van der Waals surface area contributed by atoms with Gasteiger partial charge in [0.1, 0.15) is 0 Å². The molecule has 0 saturated heterocycles. The number of hydrogen-bond donors (Lipinski definition) is 2. The molecule has 0 aromatic heterocycles. The molecule has 2 N–H and O–H groups in total. The third kappa shape index (κ3) is 10.4. The number of rotatable bonds is 10. The molecule has 1 atom stereocenters.